The first kappa shape index (κ1) is 10.9. The van der Waals surface area contributed by atoms with Crippen LogP contribution in [-0.4, -0.2) is 22.9 Å². The normalized spacial score (nSPS) is 26.7. The van der Waals surface area contributed by atoms with Crippen molar-refractivity contribution in [3.8, 4) is 0 Å². The number of pyridine rings is 1. The number of aromatic nitrogens is 1. The molecule has 82 valence electrons. The Hall–Kier alpha value is -0.570. The van der Waals surface area contributed by atoms with Gasteiger partial charge in [0.1, 0.15) is 5.82 Å². The average Bonchev–Trinajstić information content (AvgIpc) is 2.16. The Balaban J connectivity index is 2.16. The summed E-state index contributed by atoms with van der Waals surface area (Å²) < 4.78 is 0. The summed E-state index contributed by atoms with van der Waals surface area (Å²) in [5.41, 5.74) is 1.09. The predicted molar refractivity (Wildman–Crippen MR) is 67.7 cm³/mol. The van der Waals surface area contributed by atoms with Gasteiger partial charge in [-0.2, -0.15) is 0 Å². The number of rotatable bonds is 1. The van der Waals surface area contributed by atoms with Crippen LogP contribution < -0.4 is 4.90 Å². The van der Waals surface area contributed by atoms with E-state index in [1.165, 1.54) is 6.42 Å². The molecule has 1 aliphatic heterocycles. The molecule has 0 radical (unpaired) electrons. The Morgan fingerprint density at radius 2 is 2.20 bits per heavy atom. The Labute approximate surface area is 99.8 Å². The van der Waals surface area contributed by atoms with Gasteiger partial charge < -0.3 is 4.90 Å². The summed E-state index contributed by atoms with van der Waals surface area (Å²) in [6.07, 6.45) is 1.27. The van der Waals surface area contributed by atoms with E-state index >= 15 is 0 Å². The van der Waals surface area contributed by atoms with Gasteiger partial charge in [0, 0.05) is 23.6 Å². The minimum atomic E-state index is 0.601. The van der Waals surface area contributed by atoms with Crippen molar-refractivity contribution >= 4 is 21.7 Å². The van der Waals surface area contributed by atoms with Crippen LogP contribution in [-0.2, 0) is 0 Å². The highest BCUT2D eigenvalue weighted by Crippen LogP contribution is 2.25. The molecule has 0 saturated carbocycles. The SMILES string of the molecule is Cc1cccc(N2CC(C)CC(Br)C2)n1. The monoisotopic (exact) mass is 268 g/mol. The molecule has 0 aromatic carbocycles. The molecule has 2 atom stereocenters. The van der Waals surface area contributed by atoms with Gasteiger partial charge in [-0.3, -0.25) is 0 Å². The second kappa shape index (κ2) is 4.52. The molecule has 2 rings (SSSR count). The topological polar surface area (TPSA) is 16.1 Å². The summed E-state index contributed by atoms with van der Waals surface area (Å²) in [7, 11) is 0. The third-order valence-electron chi connectivity index (χ3n) is 2.81. The molecule has 15 heavy (non-hydrogen) atoms. The first-order chi connectivity index (χ1) is 7.15. The number of aryl methyl sites for hydroxylation is 1. The van der Waals surface area contributed by atoms with Crippen LogP contribution in [0, 0.1) is 12.8 Å². The Bertz CT molecular complexity index is 330. The van der Waals surface area contributed by atoms with Gasteiger partial charge >= 0.3 is 0 Å². The molecule has 0 N–H and O–H groups in total. The standard InChI is InChI=1S/C12H17BrN2/c1-9-6-11(13)8-15(7-9)12-5-3-4-10(2)14-12/h3-5,9,11H,6-8H2,1-2H3. The number of halogens is 1. The maximum Gasteiger partial charge on any atom is 0.128 e. The van der Waals surface area contributed by atoms with Crippen LogP contribution in [0.4, 0.5) is 5.82 Å². The first-order valence-electron chi connectivity index (χ1n) is 5.48. The van der Waals surface area contributed by atoms with Gasteiger partial charge in [-0.1, -0.05) is 28.9 Å². The van der Waals surface area contributed by atoms with Crippen LogP contribution in [0.3, 0.4) is 0 Å². The number of hydrogen-bond donors (Lipinski definition) is 0. The maximum absolute atomic E-state index is 4.57. The summed E-state index contributed by atoms with van der Waals surface area (Å²) >= 11 is 3.72. The van der Waals surface area contributed by atoms with Gasteiger partial charge in [0.05, 0.1) is 0 Å². The zero-order valence-electron chi connectivity index (χ0n) is 9.28. The van der Waals surface area contributed by atoms with E-state index < -0.39 is 0 Å². The molecule has 3 heteroatoms. The van der Waals surface area contributed by atoms with Gasteiger partial charge in [-0.05, 0) is 31.4 Å². The quantitative estimate of drug-likeness (QED) is 0.728. The molecule has 1 aliphatic rings. The van der Waals surface area contributed by atoms with Crippen molar-refractivity contribution < 1.29 is 0 Å². The van der Waals surface area contributed by atoms with E-state index in [4.69, 9.17) is 0 Å². The van der Waals surface area contributed by atoms with E-state index in [-0.39, 0.29) is 0 Å². The van der Waals surface area contributed by atoms with Gasteiger partial charge in [0.25, 0.3) is 0 Å². The second-order valence-electron chi connectivity index (χ2n) is 4.48. The molecular formula is C12H17BrN2. The summed E-state index contributed by atoms with van der Waals surface area (Å²) in [6, 6.07) is 6.23. The molecule has 0 spiro atoms. The van der Waals surface area contributed by atoms with E-state index in [0.717, 1.165) is 30.5 Å². The lowest BCUT2D eigenvalue weighted by Crippen LogP contribution is -2.40. The highest BCUT2D eigenvalue weighted by atomic mass is 79.9. The summed E-state index contributed by atoms with van der Waals surface area (Å²) in [5, 5.41) is 0. The number of nitrogens with zero attached hydrogens (tertiary/aromatic N) is 2. The number of hydrogen-bond acceptors (Lipinski definition) is 2. The van der Waals surface area contributed by atoms with Crippen LogP contribution >= 0.6 is 15.9 Å². The van der Waals surface area contributed by atoms with Gasteiger partial charge in [0.2, 0.25) is 0 Å². The van der Waals surface area contributed by atoms with Crippen LogP contribution in [0.5, 0.6) is 0 Å². The van der Waals surface area contributed by atoms with E-state index in [9.17, 15) is 0 Å². The third-order valence-corrected chi connectivity index (χ3v) is 3.47. The van der Waals surface area contributed by atoms with Crippen molar-refractivity contribution in [3.63, 3.8) is 0 Å². The van der Waals surface area contributed by atoms with E-state index in [1.54, 1.807) is 0 Å². The highest BCUT2D eigenvalue weighted by molar-refractivity contribution is 9.09. The Morgan fingerprint density at radius 3 is 2.87 bits per heavy atom. The fraction of sp³-hybridized carbons (Fsp3) is 0.583. The maximum atomic E-state index is 4.57. The molecule has 2 unspecified atom stereocenters. The fourth-order valence-corrected chi connectivity index (χ4v) is 3.16. The summed E-state index contributed by atoms with van der Waals surface area (Å²) in [4.78, 5) is 7.55. The smallest absolute Gasteiger partial charge is 0.128 e. The second-order valence-corrected chi connectivity index (χ2v) is 5.78. The largest absolute Gasteiger partial charge is 0.355 e. The van der Waals surface area contributed by atoms with Crippen molar-refractivity contribution in [1.29, 1.82) is 0 Å². The number of piperidine rings is 1. The molecule has 2 heterocycles. The van der Waals surface area contributed by atoms with Crippen LogP contribution in [0.2, 0.25) is 0 Å². The number of alkyl halides is 1. The highest BCUT2D eigenvalue weighted by Gasteiger charge is 2.23. The molecule has 0 bridgehead atoms. The van der Waals surface area contributed by atoms with Crippen LogP contribution in [0.1, 0.15) is 19.0 Å². The zero-order valence-corrected chi connectivity index (χ0v) is 10.9. The third kappa shape index (κ3) is 2.71. The van der Waals surface area contributed by atoms with E-state index in [2.05, 4.69) is 44.9 Å². The molecular weight excluding hydrogens is 252 g/mol. The van der Waals surface area contributed by atoms with Gasteiger partial charge in [-0.15, -0.1) is 0 Å². The van der Waals surface area contributed by atoms with Crippen molar-refractivity contribution in [2.75, 3.05) is 18.0 Å². The van der Waals surface area contributed by atoms with Gasteiger partial charge in [0.15, 0.2) is 0 Å². The molecule has 1 aromatic rings. The van der Waals surface area contributed by atoms with Crippen molar-refractivity contribution in [3.05, 3.63) is 23.9 Å². The van der Waals surface area contributed by atoms with Crippen LogP contribution in [0.15, 0.2) is 18.2 Å². The average molecular weight is 269 g/mol. The molecule has 0 aliphatic carbocycles. The lowest BCUT2D eigenvalue weighted by Gasteiger charge is -2.35. The zero-order chi connectivity index (χ0) is 10.8. The van der Waals surface area contributed by atoms with E-state index in [0.29, 0.717) is 4.83 Å². The first-order valence-corrected chi connectivity index (χ1v) is 6.39. The molecule has 1 aromatic heterocycles. The van der Waals surface area contributed by atoms with Gasteiger partial charge in [-0.25, -0.2) is 4.98 Å². The summed E-state index contributed by atoms with van der Waals surface area (Å²) in [6.45, 7) is 6.54. The van der Waals surface area contributed by atoms with Crippen molar-refractivity contribution in [1.82, 2.24) is 4.98 Å². The molecule has 1 fully saturated rings. The fourth-order valence-electron chi connectivity index (χ4n) is 2.17. The minimum absolute atomic E-state index is 0.601. The minimum Gasteiger partial charge on any atom is -0.355 e. The van der Waals surface area contributed by atoms with Crippen molar-refractivity contribution in [2.45, 2.75) is 25.1 Å². The summed E-state index contributed by atoms with van der Waals surface area (Å²) in [5.74, 6) is 1.86. The molecule has 0 amide bonds. The number of anilines is 1. The predicted octanol–water partition coefficient (Wildman–Crippen LogP) is 3.00. The molecule has 1 saturated heterocycles. The van der Waals surface area contributed by atoms with E-state index in [1.807, 2.05) is 13.0 Å². The lowest BCUT2D eigenvalue weighted by atomic mass is 10.0. The lowest BCUT2D eigenvalue weighted by molar-refractivity contribution is 0.457. The Morgan fingerprint density at radius 1 is 1.40 bits per heavy atom. The molecule has 2 nitrogen and oxygen atoms in total. The van der Waals surface area contributed by atoms with Crippen LogP contribution in [0.25, 0.3) is 0 Å². The van der Waals surface area contributed by atoms with Crippen molar-refractivity contribution in [2.24, 2.45) is 5.92 Å². The Kier molecular flexibility index (Phi) is 3.29.